The summed E-state index contributed by atoms with van der Waals surface area (Å²) in [6, 6.07) is 0. The van der Waals surface area contributed by atoms with Crippen molar-refractivity contribution in [1.82, 2.24) is 10.2 Å². The molecule has 22 heavy (non-hydrogen) atoms. The Hall–Kier alpha value is -0.690. The van der Waals surface area contributed by atoms with Crippen LogP contribution < -0.4 is 5.32 Å². The van der Waals surface area contributed by atoms with E-state index in [-0.39, 0.29) is 18.1 Å². The molecule has 2 aliphatic rings. The van der Waals surface area contributed by atoms with Gasteiger partial charge in [-0.05, 0) is 32.1 Å². The van der Waals surface area contributed by atoms with Crippen LogP contribution in [0.3, 0.4) is 0 Å². The van der Waals surface area contributed by atoms with E-state index in [1.54, 1.807) is 7.11 Å². The molecule has 1 N–H and O–H groups in total. The molecule has 2 saturated heterocycles. The van der Waals surface area contributed by atoms with Crippen molar-refractivity contribution in [2.45, 2.75) is 44.3 Å². The molecule has 128 valence electrons. The van der Waals surface area contributed by atoms with Gasteiger partial charge >= 0.3 is 0 Å². The molecule has 0 aromatic carbocycles. The third kappa shape index (κ3) is 6.20. The smallest absolute Gasteiger partial charge is 0.236 e. The van der Waals surface area contributed by atoms with Gasteiger partial charge in [-0.25, -0.2) is 0 Å². The van der Waals surface area contributed by atoms with Crippen molar-refractivity contribution in [3.63, 3.8) is 0 Å². The average Bonchev–Trinajstić information content (AvgIpc) is 2.58. The summed E-state index contributed by atoms with van der Waals surface area (Å²) >= 11 is 0. The second-order valence-corrected chi connectivity index (χ2v) is 6.07. The van der Waals surface area contributed by atoms with E-state index in [4.69, 9.17) is 14.2 Å². The second-order valence-electron chi connectivity index (χ2n) is 6.07. The molecule has 0 bridgehead atoms. The summed E-state index contributed by atoms with van der Waals surface area (Å²) in [6.07, 6.45) is 5.94. The van der Waals surface area contributed by atoms with Gasteiger partial charge in [-0.2, -0.15) is 0 Å². The van der Waals surface area contributed by atoms with Crippen LogP contribution in [-0.2, 0) is 19.0 Å². The third-order valence-corrected chi connectivity index (χ3v) is 4.35. The zero-order chi connectivity index (χ0) is 15.6. The Balaban J connectivity index is 1.55. The SMILES string of the molecule is COCCNCC(=O)N1CCC(OCC2CCCCO2)CC1. The number of rotatable bonds is 8. The van der Waals surface area contributed by atoms with E-state index in [9.17, 15) is 4.79 Å². The Morgan fingerprint density at radius 3 is 2.77 bits per heavy atom. The average molecular weight is 314 g/mol. The summed E-state index contributed by atoms with van der Waals surface area (Å²) in [5.74, 6) is 0.171. The predicted octanol–water partition coefficient (Wildman–Crippen LogP) is 0.799. The molecule has 0 saturated carbocycles. The normalized spacial score (nSPS) is 23.7. The Morgan fingerprint density at radius 2 is 2.09 bits per heavy atom. The molecule has 1 atom stereocenters. The Morgan fingerprint density at radius 1 is 1.27 bits per heavy atom. The summed E-state index contributed by atoms with van der Waals surface area (Å²) in [5.41, 5.74) is 0. The maximum Gasteiger partial charge on any atom is 0.236 e. The first-order valence-corrected chi connectivity index (χ1v) is 8.50. The van der Waals surface area contributed by atoms with Gasteiger partial charge in [0.05, 0.1) is 32.0 Å². The number of nitrogens with one attached hydrogen (secondary N) is 1. The van der Waals surface area contributed by atoms with Crippen molar-refractivity contribution in [2.75, 3.05) is 53.1 Å². The first kappa shape index (κ1) is 17.7. The minimum Gasteiger partial charge on any atom is -0.383 e. The fraction of sp³-hybridized carbons (Fsp3) is 0.938. The number of amides is 1. The molecule has 1 amide bonds. The van der Waals surface area contributed by atoms with Crippen molar-refractivity contribution >= 4 is 5.91 Å². The third-order valence-electron chi connectivity index (χ3n) is 4.35. The molecule has 2 fully saturated rings. The summed E-state index contributed by atoms with van der Waals surface area (Å²) in [6.45, 7) is 4.90. The van der Waals surface area contributed by atoms with E-state index in [2.05, 4.69) is 5.32 Å². The van der Waals surface area contributed by atoms with E-state index < -0.39 is 0 Å². The highest BCUT2D eigenvalue weighted by atomic mass is 16.5. The van der Waals surface area contributed by atoms with Crippen LogP contribution in [0.1, 0.15) is 32.1 Å². The number of methoxy groups -OCH3 is 1. The molecule has 0 radical (unpaired) electrons. The van der Waals surface area contributed by atoms with Gasteiger partial charge in [0.25, 0.3) is 0 Å². The van der Waals surface area contributed by atoms with Crippen molar-refractivity contribution in [2.24, 2.45) is 0 Å². The maximum absolute atomic E-state index is 12.0. The van der Waals surface area contributed by atoms with Gasteiger partial charge in [0, 0.05) is 33.4 Å². The molecule has 0 aromatic rings. The van der Waals surface area contributed by atoms with E-state index in [1.807, 2.05) is 4.90 Å². The number of nitrogens with zero attached hydrogens (tertiary/aromatic N) is 1. The standard InChI is InChI=1S/C16H30N2O4/c1-20-11-7-17-12-16(19)18-8-5-14(6-9-18)22-13-15-4-2-3-10-21-15/h14-15,17H,2-13H2,1H3. The van der Waals surface area contributed by atoms with Gasteiger partial charge in [0.2, 0.25) is 5.91 Å². The first-order chi connectivity index (χ1) is 10.8. The molecular formula is C16H30N2O4. The topological polar surface area (TPSA) is 60.0 Å². The van der Waals surface area contributed by atoms with Crippen molar-refractivity contribution in [3.05, 3.63) is 0 Å². The second kappa shape index (κ2) is 10.2. The lowest BCUT2D eigenvalue weighted by atomic mass is 10.1. The van der Waals surface area contributed by atoms with Crippen LogP contribution in [-0.4, -0.2) is 76.1 Å². The van der Waals surface area contributed by atoms with Crippen molar-refractivity contribution in [1.29, 1.82) is 0 Å². The molecule has 2 heterocycles. The van der Waals surface area contributed by atoms with Gasteiger partial charge in [0.15, 0.2) is 0 Å². The van der Waals surface area contributed by atoms with Gasteiger partial charge in [-0.3, -0.25) is 4.79 Å². The quantitative estimate of drug-likeness (QED) is 0.672. The highest BCUT2D eigenvalue weighted by molar-refractivity contribution is 5.78. The highest BCUT2D eigenvalue weighted by Gasteiger charge is 2.24. The Bertz CT molecular complexity index is 313. The van der Waals surface area contributed by atoms with Gasteiger partial charge in [-0.15, -0.1) is 0 Å². The predicted molar refractivity (Wildman–Crippen MR) is 83.9 cm³/mol. The number of hydrogen-bond acceptors (Lipinski definition) is 5. The Kier molecular flexibility index (Phi) is 8.15. The monoisotopic (exact) mass is 314 g/mol. The van der Waals surface area contributed by atoms with Crippen LogP contribution in [0.2, 0.25) is 0 Å². The number of ether oxygens (including phenoxy) is 3. The van der Waals surface area contributed by atoms with E-state index in [1.165, 1.54) is 12.8 Å². The number of piperidine rings is 1. The summed E-state index contributed by atoms with van der Waals surface area (Å²) in [4.78, 5) is 14.0. The van der Waals surface area contributed by atoms with Crippen molar-refractivity contribution < 1.29 is 19.0 Å². The van der Waals surface area contributed by atoms with E-state index in [0.717, 1.165) is 39.0 Å². The lowest BCUT2D eigenvalue weighted by Gasteiger charge is -2.33. The molecule has 6 heteroatoms. The molecule has 0 aromatic heterocycles. The Labute approximate surface area is 133 Å². The minimum absolute atomic E-state index is 0.171. The number of likely N-dealkylation sites (tertiary alicyclic amines) is 1. The summed E-state index contributed by atoms with van der Waals surface area (Å²) in [7, 11) is 1.66. The minimum atomic E-state index is 0.171. The van der Waals surface area contributed by atoms with Crippen molar-refractivity contribution in [3.8, 4) is 0 Å². The van der Waals surface area contributed by atoms with Crippen LogP contribution in [0, 0.1) is 0 Å². The zero-order valence-electron chi connectivity index (χ0n) is 13.7. The molecule has 2 rings (SSSR count). The van der Waals surface area contributed by atoms with Crippen LogP contribution >= 0.6 is 0 Å². The number of carbonyl (C=O) groups excluding carboxylic acids is 1. The highest BCUT2D eigenvalue weighted by Crippen LogP contribution is 2.17. The summed E-state index contributed by atoms with van der Waals surface area (Å²) < 4.78 is 16.6. The number of hydrogen-bond donors (Lipinski definition) is 1. The van der Waals surface area contributed by atoms with Crippen LogP contribution in [0.25, 0.3) is 0 Å². The molecule has 6 nitrogen and oxygen atoms in total. The van der Waals surface area contributed by atoms with Crippen LogP contribution in [0.5, 0.6) is 0 Å². The van der Waals surface area contributed by atoms with Gasteiger partial charge in [-0.1, -0.05) is 0 Å². The van der Waals surface area contributed by atoms with Gasteiger partial charge < -0.3 is 24.4 Å². The largest absolute Gasteiger partial charge is 0.383 e. The fourth-order valence-corrected chi connectivity index (χ4v) is 2.94. The first-order valence-electron chi connectivity index (χ1n) is 8.50. The van der Waals surface area contributed by atoms with E-state index in [0.29, 0.717) is 26.3 Å². The molecule has 0 aliphatic carbocycles. The van der Waals surface area contributed by atoms with Gasteiger partial charge in [0.1, 0.15) is 0 Å². The zero-order valence-corrected chi connectivity index (χ0v) is 13.7. The van der Waals surface area contributed by atoms with Crippen LogP contribution in [0.15, 0.2) is 0 Å². The summed E-state index contributed by atoms with van der Waals surface area (Å²) in [5, 5.41) is 3.10. The molecule has 2 aliphatic heterocycles. The number of carbonyl (C=O) groups is 1. The molecular weight excluding hydrogens is 284 g/mol. The maximum atomic E-state index is 12.0. The van der Waals surface area contributed by atoms with Crippen LogP contribution in [0.4, 0.5) is 0 Å². The fourth-order valence-electron chi connectivity index (χ4n) is 2.94. The lowest BCUT2D eigenvalue weighted by molar-refractivity contribution is -0.133. The molecule has 1 unspecified atom stereocenters. The lowest BCUT2D eigenvalue weighted by Crippen LogP contribution is -2.45. The molecule has 0 spiro atoms. The van der Waals surface area contributed by atoms with E-state index >= 15 is 0 Å².